The van der Waals surface area contributed by atoms with Gasteiger partial charge in [0.1, 0.15) is 5.76 Å². The normalized spacial score (nSPS) is 10.7. The van der Waals surface area contributed by atoms with Crippen molar-refractivity contribution in [2.45, 2.75) is 20.0 Å². The fourth-order valence-corrected chi connectivity index (χ4v) is 2.38. The molecule has 0 aliphatic rings. The van der Waals surface area contributed by atoms with Crippen LogP contribution < -0.4 is 24.8 Å². The van der Waals surface area contributed by atoms with Crippen molar-refractivity contribution in [3.8, 4) is 17.2 Å². The number of hydrogen-bond donors (Lipinski definition) is 2. The molecule has 1 aromatic heterocycles. The van der Waals surface area contributed by atoms with Gasteiger partial charge in [0.2, 0.25) is 5.75 Å². The first-order valence-electron chi connectivity index (χ1n) is 8.05. The topological polar surface area (TPSA) is 77.3 Å². The van der Waals surface area contributed by atoms with E-state index in [1.807, 2.05) is 31.2 Å². The molecule has 0 saturated carbocycles. The van der Waals surface area contributed by atoms with E-state index in [1.165, 1.54) is 0 Å². The Bertz CT molecular complexity index is 690. The summed E-state index contributed by atoms with van der Waals surface area (Å²) < 4.78 is 21.5. The first kappa shape index (κ1) is 21.9. The highest BCUT2D eigenvalue weighted by molar-refractivity contribution is 14.0. The van der Waals surface area contributed by atoms with Crippen LogP contribution >= 0.6 is 24.0 Å². The molecule has 0 atom stereocenters. The molecule has 2 N–H and O–H groups in total. The Morgan fingerprint density at radius 1 is 1.04 bits per heavy atom. The Balaban J connectivity index is 0.00000338. The smallest absolute Gasteiger partial charge is 0.203 e. The molecule has 2 rings (SSSR count). The minimum atomic E-state index is 0. The molecule has 0 radical (unpaired) electrons. The SMILES string of the molecule is CCNC(=NCc1ccc(OC)c(OC)c1OC)NCc1ccco1.I. The summed E-state index contributed by atoms with van der Waals surface area (Å²) in [5, 5.41) is 6.43. The van der Waals surface area contributed by atoms with Crippen LogP contribution in [0.4, 0.5) is 0 Å². The number of benzene rings is 1. The van der Waals surface area contributed by atoms with Gasteiger partial charge in [-0.15, -0.1) is 24.0 Å². The third-order valence-electron chi connectivity index (χ3n) is 3.55. The van der Waals surface area contributed by atoms with Crippen molar-refractivity contribution < 1.29 is 18.6 Å². The Kier molecular flexibility index (Phi) is 9.71. The molecule has 26 heavy (non-hydrogen) atoms. The standard InChI is InChI=1S/C18H25N3O4.HI/c1-5-19-18(21-12-14-7-6-10-25-14)20-11-13-8-9-15(22-2)17(24-4)16(13)23-3;/h6-10H,5,11-12H2,1-4H3,(H2,19,20,21);1H. The number of nitrogens with zero attached hydrogens (tertiary/aromatic N) is 1. The largest absolute Gasteiger partial charge is 0.493 e. The lowest BCUT2D eigenvalue weighted by molar-refractivity contribution is 0.322. The number of ether oxygens (including phenoxy) is 3. The molecule has 0 amide bonds. The highest BCUT2D eigenvalue weighted by Gasteiger charge is 2.15. The van der Waals surface area contributed by atoms with Gasteiger partial charge in [-0.05, 0) is 31.2 Å². The Morgan fingerprint density at radius 2 is 1.81 bits per heavy atom. The summed E-state index contributed by atoms with van der Waals surface area (Å²) in [5.41, 5.74) is 0.898. The molecule has 0 bridgehead atoms. The van der Waals surface area contributed by atoms with Gasteiger partial charge in [0.05, 0.1) is 40.7 Å². The molecule has 0 saturated heterocycles. The minimum Gasteiger partial charge on any atom is -0.493 e. The monoisotopic (exact) mass is 475 g/mol. The van der Waals surface area contributed by atoms with Crippen LogP contribution in [-0.4, -0.2) is 33.8 Å². The van der Waals surface area contributed by atoms with Gasteiger partial charge in [0.15, 0.2) is 17.5 Å². The van der Waals surface area contributed by atoms with E-state index in [-0.39, 0.29) is 24.0 Å². The predicted octanol–water partition coefficient (Wildman–Crippen LogP) is 3.18. The van der Waals surface area contributed by atoms with E-state index >= 15 is 0 Å². The lowest BCUT2D eigenvalue weighted by Gasteiger charge is -2.15. The van der Waals surface area contributed by atoms with Crippen LogP contribution in [0.15, 0.2) is 39.9 Å². The van der Waals surface area contributed by atoms with Gasteiger partial charge in [0, 0.05) is 12.1 Å². The molecular weight excluding hydrogens is 449 g/mol. The second-order valence-electron chi connectivity index (χ2n) is 5.12. The quantitative estimate of drug-likeness (QED) is 0.347. The molecule has 0 aliphatic heterocycles. The Labute approximate surface area is 171 Å². The second-order valence-corrected chi connectivity index (χ2v) is 5.12. The van der Waals surface area contributed by atoms with Crippen molar-refractivity contribution in [3.05, 3.63) is 41.9 Å². The van der Waals surface area contributed by atoms with Gasteiger partial charge in [-0.2, -0.15) is 0 Å². The van der Waals surface area contributed by atoms with E-state index in [9.17, 15) is 0 Å². The lowest BCUT2D eigenvalue weighted by atomic mass is 10.1. The molecule has 0 fully saturated rings. The van der Waals surface area contributed by atoms with Crippen molar-refractivity contribution in [3.63, 3.8) is 0 Å². The lowest BCUT2D eigenvalue weighted by Crippen LogP contribution is -2.36. The Morgan fingerprint density at radius 3 is 2.38 bits per heavy atom. The highest BCUT2D eigenvalue weighted by atomic mass is 127. The van der Waals surface area contributed by atoms with Gasteiger partial charge >= 0.3 is 0 Å². The zero-order valence-electron chi connectivity index (χ0n) is 15.5. The first-order valence-corrected chi connectivity index (χ1v) is 8.05. The molecule has 1 aromatic carbocycles. The van der Waals surface area contributed by atoms with Crippen molar-refractivity contribution in [2.75, 3.05) is 27.9 Å². The maximum atomic E-state index is 5.49. The number of methoxy groups -OCH3 is 3. The molecule has 0 aliphatic carbocycles. The fraction of sp³-hybridized carbons (Fsp3) is 0.389. The van der Waals surface area contributed by atoms with Crippen molar-refractivity contribution >= 4 is 29.9 Å². The first-order chi connectivity index (χ1) is 12.2. The molecule has 0 spiro atoms. The van der Waals surface area contributed by atoms with E-state index in [0.717, 1.165) is 17.9 Å². The number of guanidine groups is 1. The van der Waals surface area contributed by atoms with E-state index in [4.69, 9.17) is 18.6 Å². The summed E-state index contributed by atoms with van der Waals surface area (Å²) in [6.07, 6.45) is 1.65. The fourth-order valence-electron chi connectivity index (χ4n) is 2.38. The summed E-state index contributed by atoms with van der Waals surface area (Å²) in [6.45, 7) is 3.76. The van der Waals surface area contributed by atoms with Crippen LogP contribution in [0.25, 0.3) is 0 Å². The minimum absolute atomic E-state index is 0. The average molecular weight is 475 g/mol. The van der Waals surface area contributed by atoms with Crippen LogP contribution in [0, 0.1) is 0 Å². The van der Waals surface area contributed by atoms with Gasteiger partial charge in [-0.1, -0.05) is 0 Å². The maximum absolute atomic E-state index is 5.49. The summed E-state index contributed by atoms with van der Waals surface area (Å²) in [7, 11) is 4.78. The molecule has 1 heterocycles. The Hall–Kier alpha value is -2.10. The number of nitrogens with one attached hydrogen (secondary N) is 2. The van der Waals surface area contributed by atoms with Crippen LogP contribution in [0.1, 0.15) is 18.2 Å². The summed E-state index contributed by atoms with van der Waals surface area (Å²) in [4.78, 5) is 4.60. The average Bonchev–Trinajstić information content (AvgIpc) is 3.16. The molecule has 0 unspecified atom stereocenters. The van der Waals surface area contributed by atoms with E-state index in [0.29, 0.717) is 36.3 Å². The van der Waals surface area contributed by atoms with Crippen molar-refractivity contribution in [1.82, 2.24) is 10.6 Å². The van der Waals surface area contributed by atoms with Gasteiger partial charge in [-0.25, -0.2) is 4.99 Å². The molecule has 8 heteroatoms. The summed E-state index contributed by atoms with van der Waals surface area (Å²) >= 11 is 0. The van der Waals surface area contributed by atoms with E-state index in [1.54, 1.807) is 27.6 Å². The summed E-state index contributed by atoms with van der Waals surface area (Å²) in [5.74, 6) is 3.33. The second kappa shape index (κ2) is 11.5. The number of furan rings is 1. The third-order valence-corrected chi connectivity index (χ3v) is 3.55. The van der Waals surface area contributed by atoms with Crippen LogP contribution in [0.3, 0.4) is 0 Å². The zero-order chi connectivity index (χ0) is 18.1. The molecule has 144 valence electrons. The maximum Gasteiger partial charge on any atom is 0.203 e. The van der Waals surface area contributed by atoms with Crippen molar-refractivity contribution in [1.29, 1.82) is 0 Å². The molecule has 7 nitrogen and oxygen atoms in total. The van der Waals surface area contributed by atoms with Gasteiger partial charge in [-0.3, -0.25) is 0 Å². The highest BCUT2D eigenvalue weighted by Crippen LogP contribution is 2.39. The predicted molar refractivity (Wildman–Crippen MR) is 112 cm³/mol. The number of hydrogen-bond acceptors (Lipinski definition) is 5. The number of aliphatic imine (C=N–C) groups is 1. The van der Waals surface area contributed by atoms with Crippen LogP contribution in [0.5, 0.6) is 17.2 Å². The van der Waals surface area contributed by atoms with Crippen LogP contribution in [-0.2, 0) is 13.1 Å². The number of halogens is 1. The molecular formula is C18H26IN3O4. The third kappa shape index (κ3) is 5.72. The van der Waals surface area contributed by atoms with Crippen LogP contribution in [0.2, 0.25) is 0 Å². The van der Waals surface area contributed by atoms with Gasteiger partial charge in [0.25, 0.3) is 0 Å². The van der Waals surface area contributed by atoms with E-state index < -0.39 is 0 Å². The van der Waals surface area contributed by atoms with Gasteiger partial charge < -0.3 is 29.3 Å². The van der Waals surface area contributed by atoms with Crippen molar-refractivity contribution in [2.24, 2.45) is 4.99 Å². The zero-order valence-corrected chi connectivity index (χ0v) is 17.8. The molecule has 2 aromatic rings. The van der Waals surface area contributed by atoms with E-state index in [2.05, 4.69) is 15.6 Å². The number of rotatable bonds is 8. The summed E-state index contributed by atoms with van der Waals surface area (Å²) in [6, 6.07) is 7.53.